The second-order valence-electron chi connectivity index (χ2n) is 3.91. The highest BCUT2D eigenvalue weighted by atomic mass is 35.5. The molecule has 2 aromatic rings. The standard InChI is InChI=1S/C14H10ClFN2O2/c15-11-4-5-13(19)10(6-11)8-17-18-14(20)9-2-1-3-12(16)7-9/h1-8,19H,(H,18,20). The Morgan fingerprint density at radius 3 is 2.85 bits per heavy atom. The second kappa shape index (κ2) is 6.16. The van der Waals surface area contributed by atoms with E-state index >= 15 is 0 Å². The van der Waals surface area contributed by atoms with Crippen LogP contribution in [0.5, 0.6) is 5.75 Å². The van der Waals surface area contributed by atoms with Gasteiger partial charge in [0.15, 0.2) is 0 Å². The van der Waals surface area contributed by atoms with Crippen molar-refractivity contribution < 1.29 is 14.3 Å². The minimum absolute atomic E-state index is 0.0156. The number of phenols is 1. The van der Waals surface area contributed by atoms with E-state index in [-0.39, 0.29) is 11.3 Å². The first-order chi connectivity index (χ1) is 9.56. The van der Waals surface area contributed by atoms with E-state index < -0.39 is 11.7 Å². The molecular weight excluding hydrogens is 283 g/mol. The third-order valence-corrected chi connectivity index (χ3v) is 2.68. The van der Waals surface area contributed by atoms with Crippen LogP contribution in [0, 0.1) is 5.82 Å². The molecular formula is C14H10ClFN2O2. The summed E-state index contributed by atoms with van der Waals surface area (Å²) in [6.45, 7) is 0. The fraction of sp³-hybridized carbons (Fsp3) is 0. The maximum absolute atomic E-state index is 12.9. The normalized spacial score (nSPS) is 10.7. The van der Waals surface area contributed by atoms with Crippen LogP contribution in [0.15, 0.2) is 47.6 Å². The Labute approximate surface area is 119 Å². The summed E-state index contributed by atoms with van der Waals surface area (Å²) in [5.41, 5.74) is 2.74. The molecule has 1 amide bonds. The molecule has 2 rings (SSSR count). The van der Waals surface area contributed by atoms with Gasteiger partial charge in [-0.2, -0.15) is 5.10 Å². The van der Waals surface area contributed by atoms with Gasteiger partial charge in [-0.15, -0.1) is 0 Å². The van der Waals surface area contributed by atoms with Crippen molar-refractivity contribution in [3.05, 3.63) is 64.4 Å². The van der Waals surface area contributed by atoms with Gasteiger partial charge in [-0.1, -0.05) is 17.7 Å². The summed E-state index contributed by atoms with van der Waals surface area (Å²) in [4.78, 5) is 11.7. The zero-order chi connectivity index (χ0) is 14.5. The number of amides is 1. The van der Waals surface area contributed by atoms with E-state index in [1.54, 1.807) is 0 Å². The third-order valence-electron chi connectivity index (χ3n) is 2.45. The summed E-state index contributed by atoms with van der Waals surface area (Å²) in [5, 5.41) is 13.7. The number of rotatable bonds is 3. The third kappa shape index (κ3) is 3.55. The fourth-order valence-electron chi connectivity index (χ4n) is 1.48. The molecule has 0 heterocycles. The maximum Gasteiger partial charge on any atom is 0.271 e. The number of carbonyl (C=O) groups excluding carboxylic acids is 1. The van der Waals surface area contributed by atoms with Crippen molar-refractivity contribution in [3.8, 4) is 5.75 Å². The van der Waals surface area contributed by atoms with Gasteiger partial charge >= 0.3 is 0 Å². The molecule has 0 aromatic heterocycles. The van der Waals surface area contributed by atoms with Crippen LogP contribution in [-0.2, 0) is 0 Å². The molecule has 102 valence electrons. The van der Waals surface area contributed by atoms with E-state index in [0.29, 0.717) is 10.6 Å². The Kier molecular flexibility index (Phi) is 4.32. The van der Waals surface area contributed by atoms with E-state index in [1.807, 2.05) is 0 Å². The van der Waals surface area contributed by atoms with Crippen molar-refractivity contribution in [1.82, 2.24) is 5.43 Å². The van der Waals surface area contributed by atoms with Gasteiger partial charge < -0.3 is 5.11 Å². The van der Waals surface area contributed by atoms with Gasteiger partial charge in [0.25, 0.3) is 5.91 Å². The van der Waals surface area contributed by atoms with Gasteiger partial charge in [-0.3, -0.25) is 4.79 Å². The van der Waals surface area contributed by atoms with Crippen LogP contribution < -0.4 is 5.43 Å². The molecule has 6 heteroatoms. The highest BCUT2D eigenvalue weighted by Crippen LogP contribution is 2.19. The van der Waals surface area contributed by atoms with Gasteiger partial charge in [-0.05, 0) is 36.4 Å². The molecule has 0 aliphatic heterocycles. The predicted octanol–water partition coefficient (Wildman–Crippen LogP) is 2.95. The average molecular weight is 293 g/mol. The number of hydrazone groups is 1. The molecule has 0 aliphatic rings. The van der Waals surface area contributed by atoms with Crippen molar-refractivity contribution in [2.24, 2.45) is 5.10 Å². The van der Waals surface area contributed by atoms with Crippen molar-refractivity contribution in [1.29, 1.82) is 0 Å². The summed E-state index contributed by atoms with van der Waals surface area (Å²) in [6, 6.07) is 9.67. The van der Waals surface area contributed by atoms with E-state index in [2.05, 4.69) is 10.5 Å². The summed E-state index contributed by atoms with van der Waals surface area (Å²) < 4.78 is 12.9. The lowest BCUT2D eigenvalue weighted by atomic mass is 10.2. The first kappa shape index (κ1) is 14.0. The van der Waals surface area contributed by atoms with Gasteiger partial charge in [0.2, 0.25) is 0 Å². The van der Waals surface area contributed by atoms with Crippen molar-refractivity contribution in [2.45, 2.75) is 0 Å². The lowest BCUT2D eigenvalue weighted by molar-refractivity contribution is 0.0954. The number of nitrogens with one attached hydrogen (secondary N) is 1. The van der Waals surface area contributed by atoms with Crippen LogP contribution >= 0.6 is 11.6 Å². The summed E-state index contributed by atoms with van der Waals surface area (Å²) in [5.74, 6) is -1.07. The van der Waals surface area contributed by atoms with Gasteiger partial charge in [0.05, 0.1) is 6.21 Å². The molecule has 4 nitrogen and oxygen atoms in total. The Balaban J connectivity index is 2.06. The quantitative estimate of drug-likeness (QED) is 0.675. The second-order valence-corrected chi connectivity index (χ2v) is 4.35. The van der Waals surface area contributed by atoms with Crippen molar-refractivity contribution in [3.63, 3.8) is 0 Å². The molecule has 0 bridgehead atoms. The van der Waals surface area contributed by atoms with Gasteiger partial charge in [0.1, 0.15) is 11.6 Å². The molecule has 0 unspecified atom stereocenters. The first-order valence-corrected chi connectivity index (χ1v) is 6.01. The number of hydrogen-bond acceptors (Lipinski definition) is 3. The molecule has 2 N–H and O–H groups in total. The van der Waals surface area contributed by atoms with Crippen LogP contribution in [0.2, 0.25) is 5.02 Å². The molecule has 0 aliphatic carbocycles. The summed E-state index contributed by atoms with van der Waals surface area (Å²) in [6.07, 6.45) is 1.25. The van der Waals surface area contributed by atoms with Crippen LogP contribution in [0.4, 0.5) is 4.39 Å². The van der Waals surface area contributed by atoms with Crippen LogP contribution in [-0.4, -0.2) is 17.2 Å². The first-order valence-electron chi connectivity index (χ1n) is 5.64. The minimum atomic E-state index is -0.553. The fourth-order valence-corrected chi connectivity index (χ4v) is 1.66. The van der Waals surface area contributed by atoms with Gasteiger partial charge in [-0.25, -0.2) is 9.82 Å². The molecule has 0 atom stereocenters. The zero-order valence-electron chi connectivity index (χ0n) is 10.2. The minimum Gasteiger partial charge on any atom is -0.507 e. The topological polar surface area (TPSA) is 61.7 Å². The number of hydrogen-bond donors (Lipinski definition) is 2. The molecule has 0 saturated carbocycles. The number of phenolic OH excluding ortho intramolecular Hbond substituents is 1. The predicted molar refractivity (Wildman–Crippen MR) is 74.6 cm³/mol. The SMILES string of the molecule is O=C(NN=Cc1cc(Cl)ccc1O)c1cccc(F)c1. The number of benzene rings is 2. The highest BCUT2D eigenvalue weighted by Gasteiger charge is 2.05. The monoisotopic (exact) mass is 292 g/mol. The Morgan fingerprint density at radius 1 is 1.30 bits per heavy atom. The largest absolute Gasteiger partial charge is 0.507 e. The lowest BCUT2D eigenvalue weighted by Crippen LogP contribution is -2.17. The smallest absolute Gasteiger partial charge is 0.271 e. The number of nitrogens with zero attached hydrogens (tertiary/aromatic N) is 1. The Bertz CT molecular complexity index is 674. The van der Waals surface area contributed by atoms with Crippen molar-refractivity contribution >= 4 is 23.7 Å². The average Bonchev–Trinajstić information content (AvgIpc) is 2.42. The molecule has 0 radical (unpaired) electrons. The summed E-state index contributed by atoms with van der Waals surface area (Å²) in [7, 11) is 0. The van der Waals surface area contributed by atoms with Crippen molar-refractivity contribution in [2.75, 3.05) is 0 Å². The van der Waals surface area contributed by atoms with Crippen LogP contribution in [0.3, 0.4) is 0 Å². The molecule has 0 fully saturated rings. The zero-order valence-corrected chi connectivity index (χ0v) is 10.9. The van der Waals surface area contributed by atoms with Crippen LogP contribution in [0.1, 0.15) is 15.9 Å². The van der Waals surface area contributed by atoms with E-state index in [4.69, 9.17) is 11.6 Å². The number of carbonyl (C=O) groups is 1. The van der Waals surface area contributed by atoms with E-state index in [9.17, 15) is 14.3 Å². The summed E-state index contributed by atoms with van der Waals surface area (Å²) >= 11 is 5.77. The number of aromatic hydroxyl groups is 1. The Morgan fingerprint density at radius 2 is 2.10 bits per heavy atom. The molecule has 2 aromatic carbocycles. The Hall–Kier alpha value is -2.40. The van der Waals surface area contributed by atoms with Crippen LogP contribution in [0.25, 0.3) is 0 Å². The molecule has 0 spiro atoms. The lowest BCUT2D eigenvalue weighted by Gasteiger charge is -2.01. The maximum atomic E-state index is 12.9. The number of halogens is 2. The molecule has 20 heavy (non-hydrogen) atoms. The van der Waals surface area contributed by atoms with Gasteiger partial charge in [0, 0.05) is 16.1 Å². The van der Waals surface area contributed by atoms with E-state index in [1.165, 1.54) is 42.6 Å². The van der Waals surface area contributed by atoms with E-state index in [0.717, 1.165) is 6.07 Å². The highest BCUT2D eigenvalue weighted by molar-refractivity contribution is 6.30. The molecule has 0 saturated heterocycles.